The van der Waals surface area contributed by atoms with Crippen molar-refractivity contribution in [2.75, 3.05) is 18.1 Å². The predicted molar refractivity (Wildman–Crippen MR) is 87.3 cm³/mol. The van der Waals surface area contributed by atoms with Crippen LogP contribution in [-0.4, -0.2) is 43.4 Å². The van der Waals surface area contributed by atoms with Gasteiger partial charge in [-0.2, -0.15) is 0 Å². The second-order valence-corrected chi connectivity index (χ2v) is 8.48. The monoisotopic (exact) mass is 324 g/mol. The fraction of sp³-hybridized carbons (Fsp3) is 0.562. The summed E-state index contributed by atoms with van der Waals surface area (Å²) >= 11 is 0. The van der Waals surface area contributed by atoms with Gasteiger partial charge in [-0.3, -0.25) is 0 Å². The van der Waals surface area contributed by atoms with Crippen molar-refractivity contribution in [3.8, 4) is 0 Å². The molecule has 22 heavy (non-hydrogen) atoms. The topological polar surface area (TPSA) is 66.5 Å². The number of nitrogens with one attached hydrogen (secondary N) is 1. The van der Waals surface area contributed by atoms with Gasteiger partial charge in [0.05, 0.1) is 11.5 Å². The van der Waals surface area contributed by atoms with Crippen molar-refractivity contribution >= 4 is 15.9 Å². The molecule has 1 aromatic carbocycles. The molecule has 2 rings (SSSR count). The van der Waals surface area contributed by atoms with Gasteiger partial charge in [0.15, 0.2) is 9.84 Å². The molecule has 0 radical (unpaired) electrons. The minimum atomic E-state index is -3.02. The second-order valence-electron chi connectivity index (χ2n) is 6.25. The van der Waals surface area contributed by atoms with Crippen LogP contribution in [0.2, 0.25) is 0 Å². The van der Waals surface area contributed by atoms with Crippen LogP contribution in [0.3, 0.4) is 0 Å². The molecule has 0 spiro atoms. The standard InChI is InChI=1S/C16H24N2O3S/c1-13(2)10-17-16(19)18(11-14-6-4-3-5-7-14)15-8-9-22(20,21)12-15/h3-7,13,15H,8-12H2,1-2H3,(H,17,19)/t15-/m0/s1. The largest absolute Gasteiger partial charge is 0.338 e. The Bertz CT molecular complexity index is 599. The van der Waals surface area contributed by atoms with Gasteiger partial charge in [0, 0.05) is 19.1 Å². The average Bonchev–Trinajstić information content (AvgIpc) is 2.83. The summed E-state index contributed by atoms with van der Waals surface area (Å²) in [4.78, 5) is 14.1. The van der Waals surface area contributed by atoms with Crippen molar-refractivity contribution in [2.24, 2.45) is 5.92 Å². The molecule has 1 fully saturated rings. The molecular formula is C16H24N2O3S. The molecule has 6 heteroatoms. The highest BCUT2D eigenvalue weighted by molar-refractivity contribution is 7.91. The van der Waals surface area contributed by atoms with Crippen molar-refractivity contribution in [2.45, 2.75) is 32.9 Å². The van der Waals surface area contributed by atoms with E-state index in [4.69, 9.17) is 0 Å². The van der Waals surface area contributed by atoms with Crippen LogP contribution in [0.25, 0.3) is 0 Å². The summed E-state index contributed by atoms with van der Waals surface area (Å²) < 4.78 is 23.5. The van der Waals surface area contributed by atoms with Crippen LogP contribution in [0, 0.1) is 5.92 Å². The Hall–Kier alpha value is -1.56. The van der Waals surface area contributed by atoms with E-state index in [9.17, 15) is 13.2 Å². The Labute approximate surface area is 132 Å². The summed E-state index contributed by atoms with van der Waals surface area (Å²) in [6, 6.07) is 9.25. The third-order valence-corrected chi connectivity index (χ3v) is 5.52. The summed E-state index contributed by atoms with van der Waals surface area (Å²) in [6.45, 7) is 5.08. The van der Waals surface area contributed by atoms with E-state index in [-0.39, 0.29) is 23.6 Å². The molecule has 0 bridgehead atoms. The molecule has 1 aromatic rings. The molecule has 0 unspecified atom stereocenters. The highest BCUT2D eigenvalue weighted by atomic mass is 32.2. The number of urea groups is 1. The number of amides is 2. The van der Waals surface area contributed by atoms with E-state index in [0.717, 1.165) is 5.56 Å². The lowest BCUT2D eigenvalue weighted by molar-refractivity contribution is 0.175. The maximum Gasteiger partial charge on any atom is 0.317 e. The first-order chi connectivity index (χ1) is 10.4. The summed E-state index contributed by atoms with van der Waals surface area (Å²) in [5, 5.41) is 2.90. The minimum absolute atomic E-state index is 0.0644. The number of carbonyl (C=O) groups is 1. The van der Waals surface area contributed by atoms with Crippen LogP contribution in [0.15, 0.2) is 30.3 Å². The lowest BCUT2D eigenvalue weighted by Crippen LogP contribution is -2.47. The Morgan fingerprint density at radius 2 is 2.00 bits per heavy atom. The third kappa shape index (κ3) is 4.73. The first-order valence-corrected chi connectivity index (χ1v) is 9.48. The van der Waals surface area contributed by atoms with Gasteiger partial charge in [-0.25, -0.2) is 13.2 Å². The van der Waals surface area contributed by atoms with Gasteiger partial charge in [0.1, 0.15) is 0 Å². The fourth-order valence-corrected chi connectivity index (χ4v) is 4.29. The molecule has 2 amide bonds. The van der Waals surface area contributed by atoms with Crippen LogP contribution in [0.1, 0.15) is 25.8 Å². The quantitative estimate of drug-likeness (QED) is 0.901. The molecule has 122 valence electrons. The molecule has 1 saturated heterocycles. The van der Waals surface area contributed by atoms with Crippen molar-refractivity contribution in [1.82, 2.24) is 10.2 Å². The molecule has 1 aliphatic heterocycles. The van der Waals surface area contributed by atoms with Crippen molar-refractivity contribution in [3.63, 3.8) is 0 Å². The Morgan fingerprint density at radius 3 is 2.55 bits per heavy atom. The molecular weight excluding hydrogens is 300 g/mol. The van der Waals surface area contributed by atoms with Crippen LogP contribution in [0.4, 0.5) is 4.79 Å². The number of hydrogen-bond donors (Lipinski definition) is 1. The van der Waals surface area contributed by atoms with E-state index >= 15 is 0 Å². The second kappa shape index (κ2) is 7.13. The van der Waals surface area contributed by atoms with Crippen LogP contribution < -0.4 is 5.32 Å². The van der Waals surface area contributed by atoms with E-state index in [1.54, 1.807) is 4.90 Å². The van der Waals surface area contributed by atoms with E-state index in [0.29, 0.717) is 25.4 Å². The number of hydrogen-bond acceptors (Lipinski definition) is 3. The van der Waals surface area contributed by atoms with Crippen LogP contribution in [0.5, 0.6) is 0 Å². The smallest absolute Gasteiger partial charge is 0.317 e. The third-order valence-electron chi connectivity index (χ3n) is 3.77. The van der Waals surface area contributed by atoms with Crippen molar-refractivity contribution < 1.29 is 13.2 Å². The minimum Gasteiger partial charge on any atom is -0.338 e. The molecule has 0 saturated carbocycles. The number of carbonyl (C=O) groups excluding carboxylic acids is 1. The molecule has 0 aromatic heterocycles. The number of rotatable bonds is 5. The maximum atomic E-state index is 12.5. The Balaban J connectivity index is 2.11. The summed E-state index contributed by atoms with van der Waals surface area (Å²) in [6.07, 6.45) is 0.518. The molecule has 5 nitrogen and oxygen atoms in total. The van der Waals surface area contributed by atoms with E-state index in [1.807, 2.05) is 44.2 Å². The van der Waals surface area contributed by atoms with Gasteiger partial charge >= 0.3 is 6.03 Å². The molecule has 0 aliphatic carbocycles. The van der Waals surface area contributed by atoms with Crippen LogP contribution >= 0.6 is 0 Å². The van der Waals surface area contributed by atoms with Gasteiger partial charge in [-0.05, 0) is 17.9 Å². The molecule has 1 aliphatic rings. The number of benzene rings is 1. The molecule has 1 N–H and O–H groups in total. The lowest BCUT2D eigenvalue weighted by Gasteiger charge is -2.29. The highest BCUT2D eigenvalue weighted by Gasteiger charge is 2.34. The highest BCUT2D eigenvalue weighted by Crippen LogP contribution is 2.20. The first kappa shape index (κ1) is 16.8. The van der Waals surface area contributed by atoms with E-state index < -0.39 is 9.84 Å². The van der Waals surface area contributed by atoms with Crippen molar-refractivity contribution in [3.05, 3.63) is 35.9 Å². The number of nitrogens with zero attached hydrogens (tertiary/aromatic N) is 1. The zero-order chi connectivity index (χ0) is 16.2. The predicted octanol–water partition coefficient (Wildman–Crippen LogP) is 2.04. The Kier molecular flexibility index (Phi) is 5.45. The van der Waals surface area contributed by atoms with Gasteiger partial charge in [0.2, 0.25) is 0 Å². The normalized spacial score (nSPS) is 20.0. The Morgan fingerprint density at radius 1 is 1.32 bits per heavy atom. The zero-order valence-corrected chi connectivity index (χ0v) is 14.0. The zero-order valence-electron chi connectivity index (χ0n) is 13.2. The first-order valence-electron chi connectivity index (χ1n) is 7.66. The van der Waals surface area contributed by atoms with E-state index in [1.165, 1.54) is 0 Å². The molecule has 1 atom stereocenters. The van der Waals surface area contributed by atoms with Crippen molar-refractivity contribution in [1.29, 1.82) is 0 Å². The summed E-state index contributed by atoms with van der Waals surface area (Å²) in [5.41, 5.74) is 1.01. The van der Waals surface area contributed by atoms with Gasteiger partial charge in [-0.1, -0.05) is 44.2 Å². The maximum absolute atomic E-state index is 12.5. The van der Waals surface area contributed by atoms with Gasteiger partial charge in [-0.15, -0.1) is 0 Å². The SMILES string of the molecule is CC(C)CNC(=O)N(Cc1ccccc1)[C@H]1CCS(=O)(=O)C1. The van der Waals surface area contributed by atoms with E-state index in [2.05, 4.69) is 5.32 Å². The fourth-order valence-electron chi connectivity index (χ4n) is 2.56. The summed E-state index contributed by atoms with van der Waals surface area (Å²) in [5.74, 6) is 0.588. The summed E-state index contributed by atoms with van der Waals surface area (Å²) in [7, 11) is -3.02. The lowest BCUT2D eigenvalue weighted by atomic mass is 10.1. The molecule has 1 heterocycles. The average molecular weight is 324 g/mol. The van der Waals surface area contributed by atoms with Gasteiger partial charge in [0.25, 0.3) is 0 Å². The van der Waals surface area contributed by atoms with Crippen LogP contribution in [-0.2, 0) is 16.4 Å². The van der Waals surface area contributed by atoms with Gasteiger partial charge < -0.3 is 10.2 Å². The number of sulfone groups is 1.